The molecule has 8 aromatic heterocycles. The number of nitrogens with zero attached hydrogens (tertiary/aromatic N) is 19. The predicted molar refractivity (Wildman–Crippen MR) is 520 cm³/mol. The quantitative estimate of drug-likeness (QED) is 0.0398. The van der Waals surface area contributed by atoms with Crippen molar-refractivity contribution < 1.29 is 77.4 Å². The molecule has 0 saturated carbocycles. The van der Waals surface area contributed by atoms with Crippen LogP contribution in [0.1, 0.15) is 172 Å². The van der Waals surface area contributed by atoms with Gasteiger partial charge >= 0.3 is 19.3 Å². The Balaban J connectivity index is 0.000000137. The first-order valence-electron chi connectivity index (χ1n) is 47.5. The highest BCUT2D eigenvalue weighted by Gasteiger charge is 2.53. The molecule has 41 heteroatoms. The molecule has 2 amide bonds. The Morgan fingerprint density at radius 2 is 0.950 bits per heavy atom. The highest BCUT2D eigenvalue weighted by Crippen LogP contribution is 2.46. The lowest BCUT2D eigenvalue weighted by Gasteiger charge is -2.32. The fourth-order valence-electron chi connectivity index (χ4n) is 18.4. The number of hydrogen-bond acceptors (Lipinski definition) is 21. The topological polar surface area (TPSA) is 258 Å². The van der Waals surface area contributed by atoms with Crippen molar-refractivity contribution in [1.29, 1.82) is 0 Å². The van der Waals surface area contributed by atoms with Crippen LogP contribution in [-0.2, 0) is 48.3 Å². The Bertz CT molecular complexity index is 6260. The largest absolute Gasteiger partial charge is 0.498 e. The van der Waals surface area contributed by atoms with Gasteiger partial charge in [-0.15, -0.1) is 0 Å². The van der Waals surface area contributed by atoms with Crippen LogP contribution in [0.5, 0.6) is 0 Å². The molecular weight excluding hydrogens is 1860 g/mol. The number of fused-ring (bicyclic) bond motifs is 3. The molecule has 0 spiro atoms. The molecule has 744 valence electrons. The maximum atomic E-state index is 15.1. The molecular formula is C98H123BClF9N20O8Si2. The van der Waals surface area contributed by atoms with E-state index in [2.05, 4.69) is 80.0 Å². The first-order chi connectivity index (χ1) is 65.7. The summed E-state index contributed by atoms with van der Waals surface area (Å²) in [5, 5.41) is 28.1. The molecule has 9 atom stereocenters. The SMILES string of the molecule is CC(C)(C)OC(=O)N1CC[C@H](n2cc(-c3cnc4c(c3)c(N3C[C@@H](F)C[C@@H]3c3cc(F)ccc3F)nn4COCC[Si](C)(C)C)cn2)C1.CC(C)(C)OC(=O)N1CC[C@H](n2cc(B3OC(C)(C)C(C)(C)O3)cn2)C1.C[Si](C)(C)CCOCn1nc(N2C[C@@H](F)C[C@@H]2c2cc(F)ccc2F)c2cc(Cl)cnc21.Fc1ccc(F)c([C@H]2C[C@H](F)CN2C2=NCc3ncc(-c4cnn([C@H]5CCNC5)c4)cc32)c1. The molecule has 3 aromatic carbocycles. The number of alkyl halides is 3. The lowest BCUT2D eigenvalue weighted by atomic mass is 9.82. The van der Waals surface area contributed by atoms with Crippen molar-refractivity contribution >= 4 is 92.1 Å². The number of anilines is 2. The van der Waals surface area contributed by atoms with Crippen LogP contribution in [-0.4, -0.2) is 233 Å². The zero-order valence-electron chi connectivity index (χ0n) is 81.5. The number of halogens is 10. The molecule has 7 fully saturated rings. The molecule has 0 radical (unpaired) electrons. The van der Waals surface area contributed by atoms with Crippen molar-refractivity contribution in [2.75, 3.05) is 81.9 Å². The number of nitrogens with one attached hydrogen (secondary N) is 1. The van der Waals surface area contributed by atoms with E-state index in [0.29, 0.717) is 96.5 Å². The van der Waals surface area contributed by atoms with Gasteiger partial charge in [0.1, 0.15) is 83.9 Å². The van der Waals surface area contributed by atoms with Crippen molar-refractivity contribution in [3.05, 3.63) is 196 Å². The van der Waals surface area contributed by atoms with Gasteiger partial charge in [-0.2, -0.15) is 25.5 Å². The van der Waals surface area contributed by atoms with Gasteiger partial charge in [0.25, 0.3) is 0 Å². The van der Waals surface area contributed by atoms with Gasteiger partial charge in [0.15, 0.2) is 22.9 Å². The summed E-state index contributed by atoms with van der Waals surface area (Å²) in [5.41, 5.74) is 5.54. The second-order valence-electron chi connectivity index (χ2n) is 42.5. The maximum Gasteiger partial charge on any atom is 0.498 e. The molecule has 7 saturated heterocycles. The number of pyridine rings is 3. The number of amidine groups is 1. The zero-order chi connectivity index (χ0) is 99.3. The Hall–Kier alpha value is -10.8. The van der Waals surface area contributed by atoms with Crippen molar-refractivity contribution in [1.82, 2.24) is 83.9 Å². The number of likely N-dealkylation sites (tertiary alicyclic amines) is 3. The van der Waals surface area contributed by atoms with Gasteiger partial charge in [-0.25, -0.2) is 68.4 Å². The van der Waals surface area contributed by atoms with Crippen molar-refractivity contribution in [3.63, 3.8) is 0 Å². The summed E-state index contributed by atoms with van der Waals surface area (Å²) < 4.78 is 174. The van der Waals surface area contributed by atoms with Gasteiger partial charge in [0.05, 0.1) is 108 Å². The van der Waals surface area contributed by atoms with Crippen molar-refractivity contribution in [3.8, 4) is 22.3 Å². The van der Waals surface area contributed by atoms with E-state index in [1.165, 1.54) is 6.20 Å². The third-order valence-corrected chi connectivity index (χ3v) is 30.0. The van der Waals surface area contributed by atoms with Crippen LogP contribution in [0.2, 0.25) is 56.4 Å². The number of carbonyl (C=O) groups is 2. The molecule has 139 heavy (non-hydrogen) atoms. The molecule has 0 aliphatic carbocycles. The second kappa shape index (κ2) is 41.1. The Morgan fingerprint density at radius 3 is 1.42 bits per heavy atom. The molecule has 11 aromatic rings. The number of aromatic nitrogens is 13. The van der Waals surface area contributed by atoms with Gasteiger partial charge in [-0.3, -0.25) is 24.0 Å². The van der Waals surface area contributed by atoms with E-state index in [9.17, 15) is 40.3 Å². The first kappa shape index (κ1) is 101. The maximum absolute atomic E-state index is 15.1. The fourth-order valence-corrected chi connectivity index (χ4v) is 20.0. The van der Waals surface area contributed by atoms with E-state index in [4.69, 9.17) is 49.9 Å². The van der Waals surface area contributed by atoms with Gasteiger partial charge in [-0.1, -0.05) is 50.9 Å². The van der Waals surface area contributed by atoms with Crippen LogP contribution in [0, 0.1) is 34.9 Å². The van der Waals surface area contributed by atoms with Crippen LogP contribution in [0.4, 0.5) is 60.7 Å². The zero-order valence-corrected chi connectivity index (χ0v) is 84.3. The Kier molecular flexibility index (Phi) is 29.9. The Labute approximate surface area is 810 Å². The highest BCUT2D eigenvalue weighted by molar-refractivity contribution is 6.76. The molecule has 1 N–H and O–H groups in total. The summed E-state index contributed by atoms with van der Waals surface area (Å²) in [5.74, 6) is -1.97. The number of amides is 2. The Morgan fingerprint density at radius 1 is 0.518 bits per heavy atom. The summed E-state index contributed by atoms with van der Waals surface area (Å²) in [6.07, 6.45) is 14.9. The number of hydrogen-bond donors (Lipinski definition) is 1. The standard InChI is InChI=1S/C34H44F3N7O3Si.C24H23F3N6.C22H26ClF3N4OSi.C18H30BN3O4/c1-34(2,3)47-33(45)41-10-9-26(20-41)43-18-23(17-39-43)22-13-28-31(38-16-22)44(21-46-11-12-48(4,5)6)40-32(28)42-19-25(36)15-30(42)27-14-24(35)7-8-29(27)37;25-16-1-2-21(27)19(6-16)23-7-17(26)13-32(23)24-20-5-14(8-29-22(20)11-30-24)15-9-31-33(12-15)18-3-4-28-10-18;1-32(2,3)7-6-31-13-30-21-18(8-14(23)11-27-21)22(28-30)29-12-16(25)10-20(29)17-9-15(24)4-5-19(17)26;1-16(2,3)24-15(23)21-9-8-14(12-21)22-11-13(10-20-22)19-25-17(4,5)18(6,7)26-19/h7-8,13-14,16-18,25-26,30H,9-12,15,19-21H2,1-6H3;1-2,5-6,8-9,12,17-18,23,28H,3-4,7,10-11,13H2;4-5,8-9,11,16,20H,6-7,10,12-13H2,1-3H3;10-11,14H,8-9,12H2,1-7H3/t25-,26-,30+;17-,18-,23+;16-,20+;14-/m0000/s1. The summed E-state index contributed by atoms with van der Waals surface area (Å²) in [7, 11) is -2.98. The van der Waals surface area contributed by atoms with E-state index in [0.717, 1.165) is 138 Å². The summed E-state index contributed by atoms with van der Waals surface area (Å²) in [6, 6.07) is 15.8. The molecule has 8 aliphatic heterocycles. The van der Waals surface area contributed by atoms with E-state index in [1.54, 1.807) is 64.7 Å². The average Bonchev–Trinajstić information content (AvgIpc) is 1.61. The van der Waals surface area contributed by atoms with E-state index >= 15 is 8.78 Å². The number of rotatable bonds is 21. The van der Waals surface area contributed by atoms with Crippen LogP contribution < -0.4 is 20.6 Å². The minimum absolute atomic E-state index is 0.00300. The van der Waals surface area contributed by atoms with Crippen LogP contribution in [0.3, 0.4) is 0 Å². The smallest absolute Gasteiger partial charge is 0.444 e. The normalized spacial score (nSPS) is 21.9. The number of benzene rings is 3. The molecule has 8 aliphatic rings. The third kappa shape index (κ3) is 23.9. The van der Waals surface area contributed by atoms with E-state index < -0.39 is 106 Å². The summed E-state index contributed by atoms with van der Waals surface area (Å²) in [6.45, 7) is 39.1. The number of aliphatic imine (C=N–C) groups is 1. The van der Waals surface area contributed by atoms with Crippen molar-refractivity contribution in [2.45, 2.75) is 256 Å². The minimum Gasteiger partial charge on any atom is -0.444 e. The van der Waals surface area contributed by atoms with Crippen LogP contribution >= 0.6 is 11.6 Å². The van der Waals surface area contributed by atoms with Gasteiger partial charge < -0.3 is 58.1 Å². The van der Waals surface area contributed by atoms with E-state index in [-0.39, 0.29) is 105 Å². The number of carbonyl (C=O) groups excluding carboxylic acids is 2. The van der Waals surface area contributed by atoms with Crippen LogP contribution in [0.15, 0.2) is 134 Å². The minimum atomic E-state index is -1.32. The lowest BCUT2D eigenvalue weighted by molar-refractivity contribution is 0.00578. The van der Waals surface area contributed by atoms with E-state index in [1.807, 2.05) is 120 Å². The molecule has 16 heterocycles. The molecule has 0 bridgehead atoms. The predicted octanol–water partition coefficient (Wildman–Crippen LogP) is 19.5. The lowest BCUT2D eigenvalue weighted by Crippen LogP contribution is -2.41. The van der Waals surface area contributed by atoms with Gasteiger partial charge in [0.2, 0.25) is 0 Å². The third-order valence-electron chi connectivity index (χ3n) is 26.4. The summed E-state index contributed by atoms with van der Waals surface area (Å²) >= 11 is 6.18. The van der Waals surface area contributed by atoms with Crippen molar-refractivity contribution in [2.24, 2.45) is 4.99 Å². The molecule has 0 unspecified atom stereocenters. The second-order valence-corrected chi connectivity index (χ2v) is 54.1. The highest BCUT2D eigenvalue weighted by atomic mass is 35.5. The fraction of sp³-hybridized carbons (Fsp3) is 0.520. The molecule has 28 nitrogen and oxygen atoms in total. The van der Waals surface area contributed by atoms with Crippen LogP contribution in [0.25, 0.3) is 44.3 Å². The summed E-state index contributed by atoms with van der Waals surface area (Å²) in [4.78, 5) is 51.8. The van der Waals surface area contributed by atoms with Gasteiger partial charge in [0, 0.05) is 175 Å². The monoisotopic (exact) mass is 1980 g/mol. The first-order valence-corrected chi connectivity index (χ1v) is 55.3. The van der Waals surface area contributed by atoms with Gasteiger partial charge in [-0.05, 0) is 180 Å². The average molecular weight is 1980 g/mol. The molecule has 19 rings (SSSR count). The number of ether oxygens (including phenoxy) is 4.